The number of anilines is 1. The molecule has 0 N–H and O–H groups in total. The van der Waals surface area contributed by atoms with Crippen LogP contribution in [0, 0.1) is 0 Å². The van der Waals surface area contributed by atoms with Crippen LogP contribution >= 0.6 is 0 Å². The number of aromatic nitrogens is 2. The molecule has 0 atom stereocenters. The molecule has 2 aliphatic rings. The Hall–Kier alpha value is -3.55. The summed E-state index contributed by atoms with van der Waals surface area (Å²) in [5.41, 5.74) is 1.46. The largest absolute Gasteiger partial charge is 0.467 e. The van der Waals surface area contributed by atoms with Crippen molar-refractivity contribution in [2.75, 3.05) is 24.8 Å². The molecule has 154 valence electrons. The van der Waals surface area contributed by atoms with Crippen LogP contribution in [0.3, 0.4) is 0 Å². The highest BCUT2D eigenvalue weighted by Gasteiger charge is 2.30. The van der Waals surface area contributed by atoms with Gasteiger partial charge in [-0.25, -0.2) is 4.98 Å². The molecular weight excluding hydrogens is 384 g/mol. The molecule has 8 nitrogen and oxygen atoms in total. The number of fused-ring (bicyclic) bond motifs is 1. The van der Waals surface area contributed by atoms with Crippen LogP contribution in [0.25, 0.3) is 0 Å². The van der Waals surface area contributed by atoms with E-state index in [-0.39, 0.29) is 18.7 Å². The minimum absolute atomic E-state index is 0.0925. The summed E-state index contributed by atoms with van der Waals surface area (Å²) in [6.07, 6.45) is 7.95. The molecular formula is C22H22N4O4. The molecule has 0 bridgehead atoms. The summed E-state index contributed by atoms with van der Waals surface area (Å²) in [6, 6.07) is 9.84. The van der Waals surface area contributed by atoms with Crippen LogP contribution in [0.5, 0.6) is 11.5 Å². The number of furan rings is 1. The van der Waals surface area contributed by atoms with E-state index in [4.69, 9.17) is 13.9 Å². The van der Waals surface area contributed by atoms with Gasteiger partial charge in [-0.15, -0.1) is 0 Å². The first-order chi connectivity index (χ1) is 14.8. The van der Waals surface area contributed by atoms with Crippen molar-refractivity contribution in [3.05, 3.63) is 66.6 Å². The molecule has 5 rings (SSSR count). The number of carbonyl (C=O) groups excluding carboxylic acids is 1. The van der Waals surface area contributed by atoms with Crippen molar-refractivity contribution in [2.45, 2.75) is 25.4 Å². The second-order valence-electron chi connectivity index (χ2n) is 7.36. The number of hydrogen-bond acceptors (Lipinski definition) is 7. The minimum atomic E-state index is -0.124. The van der Waals surface area contributed by atoms with Crippen LogP contribution in [-0.2, 0) is 6.54 Å². The normalized spacial score (nSPS) is 15.9. The maximum Gasteiger partial charge on any atom is 0.274 e. The smallest absolute Gasteiger partial charge is 0.274 e. The maximum atomic E-state index is 13.2. The predicted molar refractivity (Wildman–Crippen MR) is 108 cm³/mol. The van der Waals surface area contributed by atoms with Crippen molar-refractivity contribution in [3.63, 3.8) is 0 Å². The molecule has 1 fully saturated rings. The second-order valence-corrected chi connectivity index (χ2v) is 7.36. The Bertz CT molecular complexity index is 1000. The lowest BCUT2D eigenvalue weighted by Crippen LogP contribution is -2.47. The quantitative estimate of drug-likeness (QED) is 0.644. The molecule has 3 aromatic rings. The van der Waals surface area contributed by atoms with Gasteiger partial charge in [-0.1, -0.05) is 0 Å². The van der Waals surface area contributed by atoms with Gasteiger partial charge in [0.05, 0.1) is 19.0 Å². The van der Waals surface area contributed by atoms with E-state index in [1.165, 1.54) is 6.20 Å². The van der Waals surface area contributed by atoms with Gasteiger partial charge in [0.2, 0.25) is 6.79 Å². The van der Waals surface area contributed by atoms with E-state index in [1.54, 1.807) is 18.7 Å². The lowest BCUT2D eigenvalue weighted by atomic mass is 10.0. The molecule has 30 heavy (non-hydrogen) atoms. The maximum absolute atomic E-state index is 13.2. The van der Waals surface area contributed by atoms with Gasteiger partial charge in [-0.05, 0) is 37.1 Å². The zero-order valence-electron chi connectivity index (χ0n) is 16.4. The Labute approximate surface area is 174 Å². The zero-order valence-corrected chi connectivity index (χ0v) is 16.4. The van der Waals surface area contributed by atoms with Gasteiger partial charge in [-0.3, -0.25) is 9.78 Å². The van der Waals surface area contributed by atoms with E-state index in [0.717, 1.165) is 48.9 Å². The third kappa shape index (κ3) is 3.68. The third-order valence-electron chi connectivity index (χ3n) is 5.58. The van der Waals surface area contributed by atoms with Crippen LogP contribution in [0.1, 0.15) is 29.1 Å². The van der Waals surface area contributed by atoms with Crippen LogP contribution in [0.4, 0.5) is 5.69 Å². The number of piperidine rings is 1. The average Bonchev–Trinajstić information content (AvgIpc) is 3.49. The molecule has 2 aliphatic heterocycles. The molecule has 8 heteroatoms. The molecule has 1 amide bonds. The molecule has 2 aromatic heterocycles. The van der Waals surface area contributed by atoms with Crippen LogP contribution in [-0.4, -0.2) is 46.7 Å². The fourth-order valence-electron chi connectivity index (χ4n) is 4.01. The summed E-state index contributed by atoms with van der Waals surface area (Å²) in [7, 11) is 0. The van der Waals surface area contributed by atoms with Crippen molar-refractivity contribution < 1.29 is 18.7 Å². The Morgan fingerprint density at radius 2 is 2.00 bits per heavy atom. The van der Waals surface area contributed by atoms with Gasteiger partial charge >= 0.3 is 0 Å². The summed E-state index contributed by atoms with van der Waals surface area (Å²) >= 11 is 0. The van der Waals surface area contributed by atoms with Gasteiger partial charge in [0.15, 0.2) is 11.5 Å². The number of carbonyl (C=O) groups is 1. The Morgan fingerprint density at radius 1 is 1.13 bits per heavy atom. The van der Waals surface area contributed by atoms with Gasteiger partial charge in [-0.2, -0.15) is 0 Å². The van der Waals surface area contributed by atoms with Gasteiger partial charge in [0.25, 0.3) is 5.91 Å². The highest BCUT2D eigenvalue weighted by Crippen LogP contribution is 2.36. The Kier molecular flexibility index (Phi) is 4.96. The molecule has 1 saturated heterocycles. The van der Waals surface area contributed by atoms with Crippen LogP contribution in [0.15, 0.2) is 59.6 Å². The van der Waals surface area contributed by atoms with E-state index in [2.05, 4.69) is 20.9 Å². The van der Waals surface area contributed by atoms with Crippen molar-refractivity contribution in [3.8, 4) is 11.5 Å². The first-order valence-corrected chi connectivity index (χ1v) is 10.0. The summed E-state index contributed by atoms with van der Waals surface area (Å²) in [5.74, 6) is 2.20. The van der Waals surface area contributed by atoms with E-state index >= 15 is 0 Å². The molecule has 0 unspecified atom stereocenters. The van der Waals surface area contributed by atoms with E-state index < -0.39 is 0 Å². The van der Waals surface area contributed by atoms with E-state index in [9.17, 15) is 4.79 Å². The number of hydrogen-bond donors (Lipinski definition) is 0. The van der Waals surface area contributed by atoms with Crippen molar-refractivity contribution in [1.29, 1.82) is 0 Å². The second kappa shape index (κ2) is 8.06. The number of rotatable bonds is 5. The summed E-state index contributed by atoms with van der Waals surface area (Å²) < 4.78 is 16.4. The Morgan fingerprint density at radius 3 is 2.77 bits per heavy atom. The SMILES string of the molecule is O=C(c1cnccn1)N(Cc1ccco1)C1CCN(c2ccc3c(c2)OCO3)CC1. The highest BCUT2D eigenvalue weighted by molar-refractivity contribution is 5.92. The minimum Gasteiger partial charge on any atom is -0.467 e. The lowest BCUT2D eigenvalue weighted by molar-refractivity contribution is 0.0607. The molecule has 0 saturated carbocycles. The number of ether oxygens (including phenoxy) is 2. The molecule has 1 aromatic carbocycles. The average molecular weight is 406 g/mol. The molecule has 0 radical (unpaired) electrons. The third-order valence-corrected chi connectivity index (χ3v) is 5.58. The lowest BCUT2D eigenvalue weighted by Gasteiger charge is -2.39. The summed E-state index contributed by atoms with van der Waals surface area (Å²) in [4.78, 5) is 25.6. The van der Waals surface area contributed by atoms with E-state index in [1.807, 2.05) is 29.2 Å². The molecule has 4 heterocycles. The number of benzene rings is 1. The molecule has 0 aliphatic carbocycles. The Balaban J connectivity index is 1.31. The molecule has 0 spiro atoms. The van der Waals surface area contributed by atoms with E-state index in [0.29, 0.717) is 12.2 Å². The summed E-state index contributed by atoms with van der Waals surface area (Å²) in [6.45, 7) is 2.36. The van der Waals surface area contributed by atoms with Crippen LogP contribution in [0.2, 0.25) is 0 Å². The van der Waals surface area contributed by atoms with Crippen molar-refractivity contribution in [2.24, 2.45) is 0 Å². The van der Waals surface area contributed by atoms with Crippen molar-refractivity contribution in [1.82, 2.24) is 14.9 Å². The fourth-order valence-corrected chi connectivity index (χ4v) is 4.01. The number of nitrogens with zero attached hydrogens (tertiary/aromatic N) is 4. The highest BCUT2D eigenvalue weighted by atomic mass is 16.7. The van der Waals surface area contributed by atoms with Gasteiger partial charge in [0.1, 0.15) is 11.5 Å². The van der Waals surface area contributed by atoms with Crippen molar-refractivity contribution >= 4 is 11.6 Å². The first kappa shape index (κ1) is 18.5. The summed E-state index contributed by atoms with van der Waals surface area (Å²) in [5, 5.41) is 0. The van der Waals surface area contributed by atoms with Gasteiger partial charge < -0.3 is 23.7 Å². The first-order valence-electron chi connectivity index (χ1n) is 10.0. The topological polar surface area (TPSA) is 80.9 Å². The standard InChI is InChI=1S/C22H22N4O4/c27-22(19-13-23-7-8-24-19)26(14-18-2-1-11-28-18)16-5-9-25(10-6-16)17-3-4-20-21(12-17)30-15-29-20/h1-4,7-8,11-13,16H,5-6,9-10,14-15H2. The fraction of sp³-hybridized carbons (Fsp3) is 0.318. The zero-order chi connectivity index (χ0) is 20.3. The monoisotopic (exact) mass is 406 g/mol. The van der Waals surface area contributed by atoms with Crippen LogP contribution < -0.4 is 14.4 Å². The predicted octanol–water partition coefficient (Wildman–Crippen LogP) is 3.11. The number of amides is 1. The van der Waals surface area contributed by atoms with Gasteiger partial charge in [0, 0.05) is 43.3 Å².